The maximum absolute atomic E-state index is 12.8. The summed E-state index contributed by atoms with van der Waals surface area (Å²) in [6.45, 7) is 7.32. The van der Waals surface area contributed by atoms with Gasteiger partial charge in [0.05, 0.1) is 12.4 Å². The van der Waals surface area contributed by atoms with Gasteiger partial charge in [-0.15, -0.1) is 0 Å². The van der Waals surface area contributed by atoms with Crippen LogP contribution >= 0.6 is 0 Å². The zero-order valence-electron chi connectivity index (χ0n) is 14.9. The minimum atomic E-state index is -3.16. The van der Waals surface area contributed by atoms with Crippen LogP contribution in [0.25, 0.3) is 0 Å². The number of rotatable bonds is 6. The van der Waals surface area contributed by atoms with E-state index in [-0.39, 0.29) is 17.6 Å². The van der Waals surface area contributed by atoms with Crippen molar-refractivity contribution >= 4 is 15.9 Å². The lowest BCUT2D eigenvalue weighted by Gasteiger charge is -2.33. The van der Waals surface area contributed by atoms with Gasteiger partial charge in [-0.2, -0.15) is 0 Å². The second kappa shape index (κ2) is 9.12. The summed E-state index contributed by atoms with van der Waals surface area (Å²) in [6.07, 6.45) is 2.49. The smallest absolute Gasteiger partial charge is 0.225 e. The number of amides is 1. The first kappa shape index (κ1) is 19.6. The second-order valence-electron chi connectivity index (χ2n) is 6.59. The normalized spacial score (nSPS) is 22.5. The molecule has 0 N–H and O–H groups in total. The molecule has 0 aromatic rings. The number of likely N-dealkylation sites (tertiary alicyclic amines) is 1. The predicted molar refractivity (Wildman–Crippen MR) is 93.3 cm³/mol. The highest BCUT2D eigenvalue weighted by atomic mass is 32.2. The van der Waals surface area contributed by atoms with E-state index < -0.39 is 10.0 Å². The molecule has 0 bridgehead atoms. The van der Waals surface area contributed by atoms with Crippen molar-refractivity contribution in [1.82, 2.24) is 14.1 Å². The zero-order chi connectivity index (χ0) is 17.6. The fourth-order valence-corrected chi connectivity index (χ4v) is 4.59. The third-order valence-corrected chi connectivity index (χ3v) is 6.95. The lowest BCUT2D eigenvalue weighted by atomic mass is 9.95. The van der Waals surface area contributed by atoms with E-state index in [1.807, 2.05) is 4.90 Å². The topological polar surface area (TPSA) is 70.2 Å². The van der Waals surface area contributed by atoms with Crippen LogP contribution in [-0.4, -0.2) is 93.7 Å². The maximum atomic E-state index is 12.8. The fourth-order valence-electron chi connectivity index (χ4n) is 3.46. The summed E-state index contributed by atoms with van der Waals surface area (Å²) in [5.74, 6) is 0.413. The fraction of sp³-hybridized carbons (Fsp3) is 0.938. The van der Waals surface area contributed by atoms with Crippen molar-refractivity contribution in [3.63, 3.8) is 0 Å². The lowest BCUT2D eigenvalue weighted by molar-refractivity contribution is -0.137. The molecule has 2 rings (SSSR count). The van der Waals surface area contributed by atoms with Crippen molar-refractivity contribution in [3.8, 4) is 0 Å². The molecule has 0 radical (unpaired) electrons. The monoisotopic (exact) mass is 361 g/mol. The van der Waals surface area contributed by atoms with Gasteiger partial charge in [0.1, 0.15) is 0 Å². The number of ether oxygens (including phenoxy) is 1. The van der Waals surface area contributed by atoms with E-state index in [1.54, 1.807) is 14.0 Å². The maximum Gasteiger partial charge on any atom is 0.225 e. The quantitative estimate of drug-likeness (QED) is 0.677. The molecule has 2 aliphatic heterocycles. The first-order valence-electron chi connectivity index (χ1n) is 8.96. The third-order valence-electron chi connectivity index (χ3n) is 5.07. The molecule has 24 heavy (non-hydrogen) atoms. The van der Waals surface area contributed by atoms with Crippen LogP contribution in [-0.2, 0) is 19.6 Å². The van der Waals surface area contributed by atoms with E-state index in [0.29, 0.717) is 26.2 Å². The number of carbonyl (C=O) groups excluding carboxylic acids is 1. The molecular formula is C16H31N3O4S. The van der Waals surface area contributed by atoms with Crippen molar-refractivity contribution in [1.29, 1.82) is 0 Å². The molecule has 0 aliphatic carbocycles. The van der Waals surface area contributed by atoms with Gasteiger partial charge in [-0.25, -0.2) is 12.7 Å². The van der Waals surface area contributed by atoms with Gasteiger partial charge in [0, 0.05) is 45.8 Å². The first-order valence-corrected chi connectivity index (χ1v) is 10.6. The number of carbonyl (C=O) groups is 1. The molecule has 2 fully saturated rings. The van der Waals surface area contributed by atoms with Crippen LogP contribution in [0.2, 0.25) is 0 Å². The van der Waals surface area contributed by atoms with Gasteiger partial charge in [-0.3, -0.25) is 4.79 Å². The number of methoxy groups -OCH3 is 1. The minimum Gasteiger partial charge on any atom is -0.383 e. The van der Waals surface area contributed by atoms with Gasteiger partial charge in [0.15, 0.2) is 0 Å². The van der Waals surface area contributed by atoms with Gasteiger partial charge in [0.25, 0.3) is 0 Å². The third kappa shape index (κ3) is 5.15. The molecule has 7 nitrogen and oxygen atoms in total. The Hall–Kier alpha value is -0.700. The van der Waals surface area contributed by atoms with Gasteiger partial charge < -0.3 is 14.5 Å². The number of hydrogen-bond donors (Lipinski definition) is 0. The number of piperidine rings is 1. The molecule has 1 amide bonds. The lowest BCUT2D eigenvalue weighted by Crippen LogP contribution is -2.44. The van der Waals surface area contributed by atoms with Gasteiger partial charge in [0.2, 0.25) is 15.9 Å². The highest BCUT2D eigenvalue weighted by Crippen LogP contribution is 2.21. The molecule has 2 heterocycles. The van der Waals surface area contributed by atoms with Crippen LogP contribution in [0.4, 0.5) is 0 Å². The van der Waals surface area contributed by atoms with Crippen molar-refractivity contribution in [3.05, 3.63) is 0 Å². The van der Waals surface area contributed by atoms with E-state index in [2.05, 4.69) is 4.90 Å². The molecule has 2 saturated heterocycles. The molecule has 0 aromatic heterocycles. The summed E-state index contributed by atoms with van der Waals surface area (Å²) in [7, 11) is -1.45. The largest absolute Gasteiger partial charge is 0.383 e. The van der Waals surface area contributed by atoms with E-state index in [1.165, 1.54) is 4.31 Å². The summed E-state index contributed by atoms with van der Waals surface area (Å²) in [5.41, 5.74) is 0. The minimum absolute atomic E-state index is 0.0816. The van der Waals surface area contributed by atoms with E-state index in [0.717, 1.165) is 45.5 Å². The highest BCUT2D eigenvalue weighted by Gasteiger charge is 2.31. The Morgan fingerprint density at radius 1 is 1.08 bits per heavy atom. The van der Waals surface area contributed by atoms with E-state index >= 15 is 0 Å². The van der Waals surface area contributed by atoms with Crippen molar-refractivity contribution in [2.75, 3.05) is 65.3 Å². The Kier molecular flexibility index (Phi) is 7.46. The number of hydrogen-bond acceptors (Lipinski definition) is 5. The predicted octanol–water partition coefficient (Wildman–Crippen LogP) is 0.229. The first-order chi connectivity index (χ1) is 11.5. The number of sulfonamides is 1. The van der Waals surface area contributed by atoms with Crippen molar-refractivity contribution < 1.29 is 17.9 Å². The summed E-state index contributed by atoms with van der Waals surface area (Å²) >= 11 is 0. The molecule has 0 atom stereocenters. The van der Waals surface area contributed by atoms with Crippen LogP contribution < -0.4 is 0 Å². The Morgan fingerprint density at radius 3 is 2.42 bits per heavy atom. The molecule has 2 aliphatic rings. The van der Waals surface area contributed by atoms with Crippen molar-refractivity contribution in [2.45, 2.75) is 26.2 Å². The summed E-state index contributed by atoms with van der Waals surface area (Å²) in [4.78, 5) is 17.0. The van der Waals surface area contributed by atoms with Gasteiger partial charge in [-0.1, -0.05) is 0 Å². The zero-order valence-corrected chi connectivity index (χ0v) is 15.8. The van der Waals surface area contributed by atoms with Crippen LogP contribution in [0.3, 0.4) is 0 Å². The van der Waals surface area contributed by atoms with Gasteiger partial charge >= 0.3 is 0 Å². The molecule has 0 saturated carbocycles. The van der Waals surface area contributed by atoms with Crippen LogP contribution in [0.15, 0.2) is 0 Å². The Labute approximate surface area is 146 Å². The molecular weight excluding hydrogens is 330 g/mol. The Balaban J connectivity index is 1.83. The van der Waals surface area contributed by atoms with Crippen molar-refractivity contribution in [2.24, 2.45) is 5.92 Å². The van der Waals surface area contributed by atoms with Crippen LogP contribution in [0.5, 0.6) is 0 Å². The Bertz CT molecular complexity index is 503. The summed E-state index contributed by atoms with van der Waals surface area (Å²) in [5, 5.41) is 0. The average Bonchev–Trinajstić information content (AvgIpc) is 2.86. The molecule has 0 unspecified atom stereocenters. The van der Waals surface area contributed by atoms with E-state index in [4.69, 9.17) is 4.74 Å². The average molecular weight is 362 g/mol. The molecule has 140 valence electrons. The summed E-state index contributed by atoms with van der Waals surface area (Å²) in [6, 6.07) is 0. The van der Waals surface area contributed by atoms with E-state index in [9.17, 15) is 13.2 Å². The van der Waals surface area contributed by atoms with Crippen LogP contribution in [0, 0.1) is 5.92 Å². The Morgan fingerprint density at radius 2 is 1.79 bits per heavy atom. The van der Waals surface area contributed by atoms with Gasteiger partial charge in [-0.05, 0) is 39.3 Å². The molecule has 0 spiro atoms. The molecule has 0 aromatic carbocycles. The second-order valence-corrected chi connectivity index (χ2v) is 8.84. The SMILES string of the molecule is CCS(=O)(=O)N1CCCN(C(=O)C2CCN(CCOC)CC2)CC1. The van der Waals surface area contributed by atoms with Crippen LogP contribution in [0.1, 0.15) is 26.2 Å². The standard InChI is InChI=1S/C16H31N3O4S/c1-3-24(21,22)19-8-4-7-18(11-12-19)16(20)15-5-9-17(10-6-15)13-14-23-2/h15H,3-14H2,1-2H3. The summed E-state index contributed by atoms with van der Waals surface area (Å²) < 4.78 is 30.7. The molecule has 8 heteroatoms. The number of nitrogens with zero attached hydrogens (tertiary/aromatic N) is 3. The highest BCUT2D eigenvalue weighted by molar-refractivity contribution is 7.89.